The zero-order valence-electron chi connectivity index (χ0n) is 19.9. The highest BCUT2D eigenvalue weighted by Gasteiger charge is 2.16. The molecule has 0 aliphatic carbocycles. The van der Waals surface area contributed by atoms with Crippen LogP contribution in [0.15, 0.2) is 70.6 Å². The minimum Gasteiger partial charge on any atom is -0.493 e. The molecule has 0 saturated heterocycles. The number of benzene rings is 3. The highest BCUT2D eigenvalue weighted by molar-refractivity contribution is 7.99. The Kier molecular flexibility index (Phi) is 7.74. The summed E-state index contributed by atoms with van der Waals surface area (Å²) in [7, 11) is 4.50. The normalized spacial score (nSPS) is 10.8. The highest BCUT2D eigenvalue weighted by atomic mass is 32.2. The molecule has 36 heavy (non-hydrogen) atoms. The molecule has 0 fully saturated rings. The van der Waals surface area contributed by atoms with E-state index in [-0.39, 0.29) is 17.9 Å². The number of para-hydroxylation sites is 1. The van der Waals surface area contributed by atoms with E-state index in [1.165, 1.54) is 61.9 Å². The van der Waals surface area contributed by atoms with Crippen LogP contribution in [0.3, 0.4) is 0 Å². The van der Waals surface area contributed by atoms with Crippen molar-refractivity contribution in [3.05, 3.63) is 76.8 Å². The first-order valence-corrected chi connectivity index (χ1v) is 11.9. The Labute approximate surface area is 211 Å². The van der Waals surface area contributed by atoms with Crippen LogP contribution >= 0.6 is 11.8 Å². The number of carbonyl (C=O) groups is 1. The summed E-state index contributed by atoms with van der Waals surface area (Å²) in [6.45, 7) is 0. The van der Waals surface area contributed by atoms with Gasteiger partial charge in [0.25, 0.3) is 5.56 Å². The van der Waals surface area contributed by atoms with Crippen LogP contribution in [-0.4, -0.2) is 42.5 Å². The third-order valence-electron chi connectivity index (χ3n) is 5.34. The summed E-state index contributed by atoms with van der Waals surface area (Å²) in [5, 5.41) is 3.68. The SMILES string of the molecule is COc1cc(NC(=O)CCSc2nc3ccccc3c(=O)n2-c2ccc(F)cc2)cc(OC)c1OC. The van der Waals surface area contributed by atoms with Gasteiger partial charge in [-0.2, -0.15) is 0 Å². The molecule has 0 radical (unpaired) electrons. The second-order valence-electron chi connectivity index (χ2n) is 7.59. The lowest BCUT2D eigenvalue weighted by Gasteiger charge is -2.15. The van der Waals surface area contributed by atoms with Gasteiger partial charge in [0.1, 0.15) is 5.82 Å². The largest absolute Gasteiger partial charge is 0.493 e. The van der Waals surface area contributed by atoms with Crippen LogP contribution in [0.1, 0.15) is 6.42 Å². The molecule has 1 amide bonds. The van der Waals surface area contributed by atoms with Crippen LogP contribution < -0.4 is 25.1 Å². The van der Waals surface area contributed by atoms with Gasteiger partial charge in [0.15, 0.2) is 16.7 Å². The predicted octanol–water partition coefficient (Wildman–Crippen LogP) is 4.67. The highest BCUT2D eigenvalue weighted by Crippen LogP contribution is 2.40. The minimum atomic E-state index is -0.404. The summed E-state index contributed by atoms with van der Waals surface area (Å²) in [5.74, 6) is 0.971. The van der Waals surface area contributed by atoms with Crippen LogP contribution in [0, 0.1) is 5.82 Å². The van der Waals surface area contributed by atoms with Crippen molar-refractivity contribution >= 4 is 34.3 Å². The fraction of sp³-hybridized carbons (Fsp3) is 0.192. The molecule has 1 N–H and O–H groups in total. The first-order chi connectivity index (χ1) is 17.4. The van der Waals surface area contributed by atoms with Gasteiger partial charge in [0.05, 0.1) is 37.9 Å². The molecule has 1 heterocycles. The molecule has 0 saturated carbocycles. The lowest BCUT2D eigenvalue weighted by Crippen LogP contribution is -2.22. The van der Waals surface area contributed by atoms with E-state index in [0.29, 0.717) is 50.4 Å². The molecule has 10 heteroatoms. The van der Waals surface area contributed by atoms with Gasteiger partial charge in [0.2, 0.25) is 11.7 Å². The lowest BCUT2D eigenvalue weighted by atomic mass is 10.2. The summed E-state index contributed by atoms with van der Waals surface area (Å²) in [5.41, 5.74) is 1.26. The third kappa shape index (κ3) is 5.28. The summed E-state index contributed by atoms with van der Waals surface area (Å²) in [6.07, 6.45) is 0.146. The van der Waals surface area contributed by atoms with E-state index in [9.17, 15) is 14.0 Å². The fourth-order valence-electron chi connectivity index (χ4n) is 3.64. The Hall–Kier alpha value is -4.05. The quantitative estimate of drug-likeness (QED) is 0.259. The number of halogens is 1. The van der Waals surface area contributed by atoms with E-state index >= 15 is 0 Å². The Morgan fingerprint density at radius 3 is 2.31 bits per heavy atom. The molecule has 4 rings (SSSR count). The average Bonchev–Trinajstić information content (AvgIpc) is 2.89. The summed E-state index contributed by atoms with van der Waals surface area (Å²) >= 11 is 1.26. The van der Waals surface area contributed by atoms with Crippen LogP contribution in [0.2, 0.25) is 0 Å². The van der Waals surface area contributed by atoms with Crippen LogP contribution in [-0.2, 0) is 4.79 Å². The van der Waals surface area contributed by atoms with Crippen LogP contribution in [0.25, 0.3) is 16.6 Å². The molecule has 0 aliphatic heterocycles. The number of aromatic nitrogens is 2. The Morgan fingerprint density at radius 1 is 1.00 bits per heavy atom. The van der Waals surface area contributed by atoms with Crippen molar-refractivity contribution in [2.45, 2.75) is 11.6 Å². The van der Waals surface area contributed by atoms with Gasteiger partial charge in [0, 0.05) is 30.0 Å². The number of thioether (sulfide) groups is 1. The third-order valence-corrected chi connectivity index (χ3v) is 6.28. The number of anilines is 1. The number of hydrogen-bond donors (Lipinski definition) is 1. The molecule has 3 aromatic carbocycles. The topological polar surface area (TPSA) is 91.7 Å². The predicted molar refractivity (Wildman–Crippen MR) is 137 cm³/mol. The zero-order chi connectivity index (χ0) is 25.7. The van der Waals surface area contributed by atoms with E-state index in [0.717, 1.165) is 0 Å². The Morgan fingerprint density at radius 2 is 1.67 bits per heavy atom. The molecule has 0 unspecified atom stereocenters. The van der Waals surface area contributed by atoms with Gasteiger partial charge in [-0.05, 0) is 36.4 Å². The van der Waals surface area contributed by atoms with E-state index in [2.05, 4.69) is 10.3 Å². The van der Waals surface area contributed by atoms with Gasteiger partial charge >= 0.3 is 0 Å². The van der Waals surface area contributed by atoms with Crippen molar-refractivity contribution < 1.29 is 23.4 Å². The first kappa shape index (κ1) is 25.1. The number of nitrogens with zero attached hydrogens (tertiary/aromatic N) is 2. The van der Waals surface area contributed by atoms with Gasteiger partial charge in [-0.15, -0.1) is 0 Å². The zero-order valence-corrected chi connectivity index (χ0v) is 20.7. The van der Waals surface area contributed by atoms with Crippen molar-refractivity contribution in [3.8, 4) is 22.9 Å². The second-order valence-corrected chi connectivity index (χ2v) is 8.65. The number of carbonyl (C=O) groups excluding carboxylic acids is 1. The monoisotopic (exact) mass is 509 g/mol. The van der Waals surface area contributed by atoms with Gasteiger partial charge < -0.3 is 19.5 Å². The maximum Gasteiger partial charge on any atom is 0.266 e. The molecular weight excluding hydrogens is 485 g/mol. The second kappa shape index (κ2) is 11.1. The van der Waals surface area contributed by atoms with E-state index in [1.54, 1.807) is 36.4 Å². The molecule has 8 nitrogen and oxygen atoms in total. The minimum absolute atomic E-state index is 0.146. The van der Waals surface area contributed by atoms with Crippen molar-refractivity contribution in [2.24, 2.45) is 0 Å². The van der Waals surface area contributed by atoms with Gasteiger partial charge in [-0.1, -0.05) is 23.9 Å². The molecule has 1 aromatic heterocycles. The van der Waals surface area contributed by atoms with E-state index in [1.807, 2.05) is 0 Å². The summed E-state index contributed by atoms with van der Waals surface area (Å²) in [4.78, 5) is 30.5. The maximum atomic E-state index is 13.5. The van der Waals surface area contributed by atoms with Crippen molar-refractivity contribution in [1.29, 1.82) is 0 Å². The number of amides is 1. The van der Waals surface area contributed by atoms with Crippen LogP contribution in [0.4, 0.5) is 10.1 Å². The van der Waals surface area contributed by atoms with Crippen molar-refractivity contribution in [2.75, 3.05) is 32.4 Å². The molecule has 4 aromatic rings. The molecule has 0 spiro atoms. The standard InChI is InChI=1S/C26H24FN3O5S/c1-33-21-14-17(15-22(34-2)24(21)35-3)28-23(31)12-13-36-26-29-20-7-5-4-6-19(20)25(32)30(26)18-10-8-16(27)9-11-18/h4-11,14-15H,12-13H2,1-3H3,(H,28,31). The van der Waals surface area contributed by atoms with Crippen LogP contribution in [0.5, 0.6) is 17.2 Å². The molecular formula is C26H24FN3O5S. The fourth-order valence-corrected chi connectivity index (χ4v) is 4.59. The molecule has 0 bridgehead atoms. The summed E-state index contributed by atoms with van der Waals surface area (Å²) < 4.78 is 30.9. The first-order valence-electron chi connectivity index (χ1n) is 11.0. The van der Waals surface area contributed by atoms with Crippen molar-refractivity contribution in [3.63, 3.8) is 0 Å². The maximum absolute atomic E-state index is 13.5. The summed E-state index contributed by atoms with van der Waals surface area (Å²) in [6, 6.07) is 15.9. The van der Waals surface area contributed by atoms with Gasteiger partial charge in [-0.25, -0.2) is 9.37 Å². The van der Waals surface area contributed by atoms with Gasteiger partial charge in [-0.3, -0.25) is 14.2 Å². The molecule has 0 aliphatic rings. The Balaban J connectivity index is 1.54. The number of nitrogens with one attached hydrogen (secondary N) is 1. The lowest BCUT2D eigenvalue weighted by molar-refractivity contribution is -0.115. The number of rotatable bonds is 9. The molecule has 0 atom stereocenters. The number of methoxy groups -OCH3 is 3. The smallest absolute Gasteiger partial charge is 0.266 e. The van der Waals surface area contributed by atoms with Crippen molar-refractivity contribution in [1.82, 2.24) is 9.55 Å². The number of fused-ring (bicyclic) bond motifs is 1. The van der Waals surface area contributed by atoms with E-state index < -0.39 is 5.82 Å². The Bertz CT molecular complexity index is 1430. The number of ether oxygens (including phenoxy) is 3. The average molecular weight is 510 g/mol. The molecule has 186 valence electrons. The van der Waals surface area contributed by atoms with E-state index in [4.69, 9.17) is 14.2 Å². The number of hydrogen-bond acceptors (Lipinski definition) is 7.